The van der Waals surface area contributed by atoms with E-state index in [0.717, 1.165) is 18.3 Å². The van der Waals surface area contributed by atoms with Crippen LogP contribution in [0.15, 0.2) is 41.0 Å². The van der Waals surface area contributed by atoms with Gasteiger partial charge in [0, 0.05) is 11.8 Å². The standard InChI is InChI=1S/C15H12BrF3N2O2/c1-2-23-12-7-9(3-4-11(12)16)14(22)21-13-8-10(5-6-20-13)15(17,18)19/h3-8H,2H2,1H3,(H,20,21,22). The second-order valence-corrected chi connectivity index (χ2v) is 5.31. The van der Waals surface area contributed by atoms with Gasteiger partial charge in [0.25, 0.3) is 5.91 Å². The third-order valence-electron chi connectivity index (χ3n) is 2.82. The molecule has 0 fully saturated rings. The van der Waals surface area contributed by atoms with Crippen molar-refractivity contribution in [1.82, 2.24) is 4.98 Å². The molecule has 122 valence electrons. The van der Waals surface area contributed by atoms with Crippen molar-refractivity contribution in [2.75, 3.05) is 11.9 Å². The van der Waals surface area contributed by atoms with Crippen LogP contribution in [0.3, 0.4) is 0 Å². The fourth-order valence-corrected chi connectivity index (χ4v) is 2.14. The quantitative estimate of drug-likeness (QED) is 0.837. The zero-order valence-corrected chi connectivity index (χ0v) is 13.5. The summed E-state index contributed by atoms with van der Waals surface area (Å²) >= 11 is 3.28. The van der Waals surface area contributed by atoms with Crippen LogP contribution in [-0.4, -0.2) is 17.5 Å². The van der Waals surface area contributed by atoms with Gasteiger partial charge < -0.3 is 10.1 Å². The number of hydrogen-bond donors (Lipinski definition) is 1. The highest BCUT2D eigenvalue weighted by Gasteiger charge is 2.30. The fraction of sp³-hybridized carbons (Fsp3) is 0.200. The van der Waals surface area contributed by atoms with Crippen LogP contribution >= 0.6 is 15.9 Å². The third-order valence-corrected chi connectivity index (χ3v) is 3.48. The molecule has 0 saturated heterocycles. The minimum atomic E-state index is -4.50. The number of nitrogens with zero attached hydrogens (tertiary/aromatic N) is 1. The van der Waals surface area contributed by atoms with E-state index in [1.54, 1.807) is 13.0 Å². The van der Waals surface area contributed by atoms with Gasteiger partial charge in [0.15, 0.2) is 0 Å². The minimum absolute atomic E-state index is 0.175. The Morgan fingerprint density at radius 1 is 1.30 bits per heavy atom. The molecule has 1 N–H and O–H groups in total. The maximum Gasteiger partial charge on any atom is 0.416 e. The second kappa shape index (κ2) is 6.99. The molecular weight excluding hydrogens is 377 g/mol. The van der Waals surface area contributed by atoms with Crippen molar-refractivity contribution in [3.8, 4) is 5.75 Å². The number of aromatic nitrogens is 1. The first-order chi connectivity index (χ1) is 10.8. The maximum atomic E-state index is 12.6. The van der Waals surface area contributed by atoms with E-state index >= 15 is 0 Å². The number of carbonyl (C=O) groups is 1. The lowest BCUT2D eigenvalue weighted by Gasteiger charge is -2.10. The molecular formula is C15H12BrF3N2O2. The fourth-order valence-electron chi connectivity index (χ4n) is 1.77. The molecule has 2 aromatic rings. The number of anilines is 1. The van der Waals surface area contributed by atoms with Crippen LogP contribution in [-0.2, 0) is 6.18 Å². The van der Waals surface area contributed by atoms with Crippen LogP contribution in [0.5, 0.6) is 5.75 Å². The van der Waals surface area contributed by atoms with Gasteiger partial charge in [-0.25, -0.2) is 4.98 Å². The van der Waals surface area contributed by atoms with Gasteiger partial charge in [-0.05, 0) is 53.2 Å². The molecule has 1 amide bonds. The summed E-state index contributed by atoms with van der Waals surface area (Å²) in [6.45, 7) is 2.21. The van der Waals surface area contributed by atoms with Crippen molar-refractivity contribution < 1.29 is 22.7 Å². The zero-order valence-electron chi connectivity index (χ0n) is 11.9. The average Bonchev–Trinajstić information content (AvgIpc) is 2.49. The monoisotopic (exact) mass is 388 g/mol. The molecule has 23 heavy (non-hydrogen) atoms. The number of carbonyl (C=O) groups excluding carboxylic acids is 1. The molecule has 8 heteroatoms. The van der Waals surface area contributed by atoms with E-state index in [0.29, 0.717) is 16.8 Å². The summed E-state index contributed by atoms with van der Waals surface area (Å²) in [6.07, 6.45) is -3.51. The Labute approximate surface area is 138 Å². The Morgan fingerprint density at radius 3 is 2.70 bits per heavy atom. The molecule has 0 spiro atoms. The molecule has 0 aliphatic carbocycles. The third kappa shape index (κ3) is 4.44. The highest BCUT2D eigenvalue weighted by Crippen LogP contribution is 2.30. The lowest BCUT2D eigenvalue weighted by molar-refractivity contribution is -0.137. The summed E-state index contributed by atoms with van der Waals surface area (Å²) in [6, 6.07) is 6.26. The van der Waals surface area contributed by atoms with E-state index in [1.165, 1.54) is 12.1 Å². The van der Waals surface area contributed by atoms with Gasteiger partial charge in [0.1, 0.15) is 11.6 Å². The van der Waals surface area contributed by atoms with Crippen molar-refractivity contribution in [2.24, 2.45) is 0 Å². The first kappa shape index (κ1) is 17.3. The van der Waals surface area contributed by atoms with E-state index in [-0.39, 0.29) is 11.4 Å². The molecule has 1 heterocycles. The number of halogens is 4. The van der Waals surface area contributed by atoms with Crippen LogP contribution in [0.1, 0.15) is 22.8 Å². The van der Waals surface area contributed by atoms with Gasteiger partial charge in [0.05, 0.1) is 16.6 Å². The zero-order chi connectivity index (χ0) is 17.0. The summed E-state index contributed by atoms with van der Waals surface area (Å²) in [7, 11) is 0. The van der Waals surface area contributed by atoms with Gasteiger partial charge >= 0.3 is 6.18 Å². The topological polar surface area (TPSA) is 51.2 Å². The molecule has 0 bridgehead atoms. The van der Waals surface area contributed by atoms with Gasteiger partial charge in [-0.1, -0.05) is 0 Å². The van der Waals surface area contributed by atoms with E-state index in [1.807, 2.05) is 0 Å². The van der Waals surface area contributed by atoms with Crippen LogP contribution in [0.4, 0.5) is 19.0 Å². The van der Waals surface area contributed by atoms with E-state index in [9.17, 15) is 18.0 Å². The van der Waals surface area contributed by atoms with Crippen molar-refractivity contribution in [1.29, 1.82) is 0 Å². The van der Waals surface area contributed by atoms with Crippen LogP contribution < -0.4 is 10.1 Å². The van der Waals surface area contributed by atoms with Crippen LogP contribution in [0.2, 0.25) is 0 Å². The molecule has 1 aromatic heterocycles. The van der Waals surface area contributed by atoms with Crippen LogP contribution in [0.25, 0.3) is 0 Å². The maximum absolute atomic E-state index is 12.6. The predicted octanol–water partition coefficient (Wildman–Crippen LogP) is 4.51. The average molecular weight is 389 g/mol. The Morgan fingerprint density at radius 2 is 2.04 bits per heavy atom. The van der Waals surface area contributed by atoms with Crippen LogP contribution in [0, 0.1) is 0 Å². The van der Waals surface area contributed by atoms with Crippen molar-refractivity contribution in [2.45, 2.75) is 13.1 Å². The Kier molecular flexibility index (Phi) is 5.25. The Bertz CT molecular complexity index is 720. The molecule has 0 radical (unpaired) electrons. The summed E-state index contributed by atoms with van der Waals surface area (Å²) < 4.78 is 44.0. The number of hydrogen-bond acceptors (Lipinski definition) is 3. The number of benzene rings is 1. The number of amides is 1. The van der Waals surface area contributed by atoms with Gasteiger partial charge in [-0.3, -0.25) is 4.79 Å². The minimum Gasteiger partial charge on any atom is -0.493 e. The molecule has 0 atom stereocenters. The first-order valence-corrected chi connectivity index (χ1v) is 7.37. The SMILES string of the molecule is CCOc1cc(C(=O)Nc2cc(C(F)(F)F)ccn2)ccc1Br. The molecule has 0 saturated carbocycles. The second-order valence-electron chi connectivity index (χ2n) is 4.46. The van der Waals surface area contributed by atoms with Crippen molar-refractivity contribution in [3.05, 3.63) is 52.1 Å². The summed E-state index contributed by atoms with van der Waals surface area (Å²) in [5.41, 5.74) is -0.635. The number of ether oxygens (including phenoxy) is 1. The number of rotatable bonds is 4. The highest BCUT2D eigenvalue weighted by molar-refractivity contribution is 9.10. The molecule has 2 rings (SSSR count). The lowest BCUT2D eigenvalue weighted by atomic mass is 10.2. The smallest absolute Gasteiger partial charge is 0.416 e. The van der Waals surface area contributed by atoms with Crippen molar-refractivity contribution >= 4 is 27.7 Å². The summed E-state index contributed by atoms with van der Waals surface area (Å²) in [5, 5.41) is 2.34. The van der Waals surface area contributed by atoms with E-state index in [2.05, 4.69) is 26.2 Å². The highest BCUT2D eigenvalue weighted by atomic mass is 79.9. The number of pyridine rings is 1. The van der Waals surface area contributed by atoms with Gasteiger partial charge in [-0.15, -0.1) is 0 Å². The lowest BCUT2D eigenvalue weighted by Crippen LogP contribution is -2.14. The predicted molar refractivity (Wildman–Crippen MR) is 82.5 cm³/mol. The molecule has 0 unspecified atom stereocenters. The molecule has 0 aliphatic heterocycles. The van der Waals surface area contributed by atoms with Crippen molar-refractivity contribution in [3.63, 3.8) is 0 Å². The number of alkyl halides is 3. The first-order valence-electron chi connectivity index (χ1n) is 6.58. The van der Waals surface area contributed by atoms with E-state index in [4.69, 9.17) is 4.74 Å². The van der Waals surface area contributed by atoms with Gasteiger partial charge in [-0.2, -0.15) is 13.2 Å². The summed E-state index contributed by atoms with van der Waals surface area (Å²) in [5.74, 6) is -0.284. The number of nitrogens with one attached hydrogen (secondary N) is 1. The normalized spacial score (nSPS) is 11.2. The molecule has 4 nitrogen and oxygen atoms in total. The summed E-state index contributed by atoms with van der Waals surface area (Å²) in [4.78, 5) is 15.9. The molecule has 1 aromatic carbocycles. The van der Waals surface area contributed by atoms with E-state index < -0.39 is 17.6 Å². The molecule has 0 aliphatic rings. The Balaban J connectivity index is 2.21. The van der Waals surface area contributed by atoms with Gasteiger partial charge in [0.2, 0.25) is 0 Å². The largest absolute Gasteiger partial charge is 0.493 e. The Hall–Kier alpha value is -2.09.